The number of halogens is 3. The number of amides is 2. The third-order valence-corrected chi connectivity index (χ3v) is 4.84. The van der Waals surface area contributed by atoms with Gasteiger partial charge in [-0.25, -0.2) is 4.79 Å². The van der Waals surface area contributed by atoms with Gasteiger partial charge in [-0.15, -0.1) is 6.42 Å². The first-order valence-corrected chi connectivity index (χ1v) is 9.88. The number of alkyl halides is 3. The van der Waals surface area contributed by atoms with E-state index in [1.807, 2.05) is 6.08 Å². The number of allylic oxidation sites excluding steroid dienone is 1. The molecule has 2 aliphatic rings. The molecular formula is C20H26F3N3O6. The number of carbonyl (C=O) groups is 4. The zero-order valence-corrected chi connectivity index (χ0v) is 17.2. The molecule has 4 N–H and O–H groups in total. The Kier molecular flexibility index (Phi) is 10.7. The largest absolute Gasteiger partial charge is 0.490 e. The van der Waals surface area contributed by atoms with Gasteiger partial charge in [-0.3, -0.25) is 14.4 Å². The van der Waals surface area contributed by atoms with Gasteiger partial charge >= 0.3 is 18.1 Å². The Hall–Kier alpha value is -3.07. The summed E-state index contributed by atoms with van der Waals surface area (Å²) in [6, 6.07) is -0.827. The van der Waals surface area contributed by atoms with E-state index < -0.39 is 24.2 Å². The first kappa shape index (κ1) is 27.0. The Morgan fingerprint density at radius 2 is 1.88 bits per heavy atom. The smallest absolute Gasteiger partial charge is 0.481 e. The number of hydrogen-bond donors (Lipinski definition) is 4. The van der Waals surface area contributed by atoms with Crippen LogP contribution in [-0.2, 0) is 19.2 Å². The van der Waals surface area contributed by atoms with Gasteiger partial charge in [-0.1, -0.05) is 12.0 Å². The molecule has 0 aromatic rings. The quantitative estimate of drug-likeness (QED) is 0.322. The average molecular weight is 461 g/mol. The molecule has 2 fully saturated rings. The van der Waals surface area contributed by atoms with Crippen LogP contribution < -0.4 is 10.6 Å². The van der Waals surface area contributed by atoms with E-state index in [1.165, 1.54) is 0 Å². The van der Waals surface area contributed by atoms with Crippen LogP contribution in [0.4, 0.5) is 13.2 Å². The summed E-state index contributed by atoms with van der Waals surface area (Å²) in [4.78, 5) is 45.9. The normalized spacial score (nSPS) is 19.7. The van der Waals surface area contributed by atoms with Gasteiger partial charge < -0.3 is 25.7 Å². The number of aliphatic carboxylic acids is 2. The molecule has 12 heteroatoms. The Bertz CT molecular complexity index is 759. The second-order valence-electron chi connectivity index (χ2n) is 7.41. The number of piperidine rings is 1. The number of nitrogens with one attached hydrogen (secondary N) is 2. The van der Waals surface area contributed by atoms with E-state index in [0.29, 0.717) is 25.4 Å². The van der Waals surface area contributed by atoms with Crippen molar-refractivity contribution >= 4 is 23.8 Å². The van der Waals surface area contributed by atoms with E-state index in [2.05, 4.69) is 16.6 Å². The molecule has 2 saturated heterocycles. The molecule has 2 heterocycles. The average Bonchev–Trinajstić information content (AvgIpc) is 2.68. The number of carbonyl (C=O) groups excluding carboxylic acids is 2. The van der Waals surface area contributed by atoms with E-state index in [-0.39, 0.29) is 24.2 Å². The fourth-order valence-electron chi connectivity index (χ4n) is 2.99. The zero-order valence-electron chi connectivity index (χ0n) is 17.2. The summed E-state index contributed by atoms with van der Waals surface area (Å²) < 4.78 is 31.7. The monoisotopic (exact) mass is 461 g/mol. The summed E-state index contributed by atoms with van der Waals surface area (Å²) in [5.74, 6) is -1.65. The maximum absolute atomic E-state index is 12.3. The molecule has 2 amide bonds. The van der Waals surface area contributed by atoms with Crippen molar-refractivity contribution in [3.8, 4) is 12.3 Å². The fraction of sp³-hybridized carbons (Fsp3) is 0.600. The molecule has 1 unspecified atom stereocenters. The van der Waals surface area contributed by atoms with Crippen LogP contribution in [0.2, 0.25) is 0 Å². The Labute approximate surface area is 183 Å². The Balaban J connectivity index is 0.000000633. The van der Waals surface area contributed by atoms with Crippen molar-refractivity contribution in [1.29, 1.82) is 0 Å². The topological polar surface area (TPSA) is 136 Å². The van der Waals surface area contributed by atoms with Gasteiger partial charge in [0, 0.05) is 13.1 Å². The fourth-order valence-corrected chi connectivity index (χ4v) is 2.99. The summed E-state index contributed by atoms with van der Waals surface area (Å²) in [6.45, 7) is 2.96. The van der Waals surface area contributed by atoms with Crippen molar-refractivity contribution in [2.24, 2.45) is 11.8 Å². The lowest BCUT2D eigenvalue weighted by atomic mass is 9.96. The van der Waals surface area contributed by atoms with Crippen molar-refractivity contribution in [2.45, 2.75) is 37.9 Å². The molecule has 2 rings (SSSR count). The SMILES string of the molecule is C#CC(CC(=O)O)NC(=O)[C@@H]1CCCN(C(=O)/C=C/CC2CNC2)C1.O=C(O)C(F)(F)F. The van der Waals surface area contributed by atoms with Gasteiger partial charge in [0.2, 0.25) is 11.8 Å². The zero-order chi connectivity index (χ0) is 24.3. The molecule has 2 aliphatic heterocycles. The van der Waals surface area contributed by atoms with Crippen LogP contribution in [0.15, 0.2) is 12.2 Å². The molecule has 0 aromatic heterocycles. The minimum atomic E-state index is -5.08. The minimum Gasteiger partial charge on any atom is -0.481 e. The molecule has 0 bridgehead atoms. The molecule has 0 radical (unpaired) electrons. The molecule has 32 heavy (non-hydrogen) atoms. The van der Waals surface area contributed by atoms with Crippen LogP contribution in [0.3, 0.4) is 0 Å². The van der Waals surface area contributed by atoms with Crippen LogP contribution >= 0.6 is 0 Å². The maximum Gasteiger partial charge on any atom is 0.490 e. The maximum atomic E-state index is 12.3. The predicted molar refractivity (Wildman–Crippen MR) is 106 cm³/mol. The van der Waals surface area contributed by atoms with Gasteiger partial charge in [-0.2, -0.15) is 13.2 Å². The van der Waals surface area contributed by atoms with Crippen molar-refractivity contribution < 1.29 is 42.6 Å². The second-order valence-corrected chi connectivity index (χ2v) is 7.41. The van der Waals surface area contributed by atoms with Crippen LogP contribution in [0.25, 0.3) is 0 Å². The lowest BCUT2D eigenvalue weighted by Crippen LogP contribution is -2.47. The van der Waals surface area contributed by atoms with Crippen molar-refractivity contribution in [1.82, 2.24) is 15.5 Å². The molecular weight excluding hydrogens is 435 g/mol. The van der Waals surface area contributed by atoms with Crippen molar-refractivity contribution in [2.75, 3.05) is 26.2 Å². The Morgan fingerprint density at radius 1 is 1.25 bits per heavy atom. The number of carboxylic acids is 2. The highest BCUT2D eigenvalue weighted by molar-refractivity contribution is 5.88. The minimum absolute atomic E-state index is 0.0798. The number of rotatable bonds is 7. The molecule has 9 nitrogen and oxygen atoms in total. The molecule has 0 aliphatic carbocycles. The standard InChI is InChI=1S/C18H25N3O4.C2HF3O2/c1-2-15(9-17(23)24)20-18(25)14-6-4-8-21(12-14)16(22)7-3-5-13-10-19-11-13;3-2(4,5)1(6)7/h1,3,7,13-15,19H,4-6,8-12H2,(H,20,25)(H,23,24);(H,6,7)/b7-3+;/t14-,15?;/m1./s1. The predicted octanol–water partition coefficient (Wildman–Crippen LogP) is 0.617. The molecule has 178 valence electrons. The van der Waals surface area contributed by atoms with Crippen LogP contribution in [0, 0.1) is 24.2 Å². The number of likely N-dealkylation sites (tertiary alicyclic amines) is 1. The second kappa shape index (κ2) is 12.7. The lowest BCUT2D eigenvalue weighted by Gasteiger charge is -2.32. The van der Waals surface area contributed by atoms with Crippen LogP contribution in [0.5, 0.6) is 0 Å². The Morgan fingerprint density at radius 3 is 2.34 bits per heavy atom. The summed E-state index contributed by atoms with van der Waals surface area (Å²) in [5.41, 5.74) is 0. The number of carboxylic acid groups (broad SMARTS) is 2. The van der Waals surface area contributed by atoms with Gasteiger partial charge in [0.05, 0.1) is 12.3 Å². The number of nitrogens with zero attached hydrogens (tertiary/aromatic N) is 1. The van der Waals surface area contributed by atoms with Crippen molar-refractivity contribution in [3.05, 3.63) is 12.2 Å². The first-order valence-electron chi connectivity index (χ1n) is 9.88. The summed E-state index contributed by atoms with van der Waals surface area (Å²) in [7, 11) is 0. The van der Waals surface area contributed by atoms with Crippen molar-refractivity contribution in [3.63, 3.8) is 0 Å². The summed E-state index contributed by atoms with van der Waals surface area (Å²) in [6.07, 6.45) is 5.65. The number of hydrogen-bond acceptors (Lipinski definition) is 5. The molecule has 0 saturated carbocycles. The van der Waals surface area contributed by atoms with Gasteiger partial charge in [-0.05, 0) is 44.3 Å². The molecule has 0 spiro atoms. The summed E-state index contributed by atoms with van der Waals surface area (Å²) >= 11 is 0. The highest BCUT2D eigenvalue weighted by Gasteiger charge is 2.38. The lowest BCUT2D eigenvalue weighted by molar-refractivity contribution is -0.192. The third kappa shape index (κ3) is 9.82. The van der Waals surface area contributed by atoms with Gasteiger partial charge in [0.15, 0.2) is 0 Å². The van der Waals surface area contributed by atoms with E-state index in [9.17, 15) is 27.6 Å². The highest BCUT2D eigenvalue weighted by atomic mass is 19.4. The van der Waals surface area contributed by atoms with Gasteiger partial charge in [0.1, 0.15) is 6.04 Å². The van der Waals surface area contributed by atoms with E-state index in [1.54, 1.807) is 11.0 Å². The van der Waals surface area contributed by atoms with E-state index in [0.717, 1.165) is 25.9 Å². The first-order chi connectivity index (χ1) is 14.9. The van der Waals surface area contributed by atoms with Gasteiger partial charge in [0.25, 0.3) is 0 Å². The van der Waals surface area contributed by atoms with Crippen LogP contribution in [0.1, 0.15) is 25.7 Å². The molecule has 2 atom stereocenters. The van der Waals surface area contributed by atoms with E-state index in [4.69, 9.17) is 21.4 Å². The molecule has 0 aromatic carbocycles. The van der Waals surface area contributed by atoms with E-state index >= 15 is 0 Å². The number of terminal acetylenes is 1. The van der Waals surface area contributed by atoms with Crippen LogP contribution in [-0.4, -0.2) is 77.3 Å². The summed E-state index contributed by atoms with van der Waals surface area (Å²) in [5, 5.41) is 21.7. The third-order valence-electron chi connectivity index (χ3n) is 4.84. The highest BCUT2D eigenvalue weighted by Crippen LogP contribution is 2.18.